The van der Waals surface area contributed by atoms with Gasteiger partial charge in [0.15, 0.2) is 0 Å². The topological polar surface area (TPSA) is 88.5 Å². The number of aromatic nitrogens is 4. The summed E-state index contributed by atoms with van der Waals surface area (Å²) < 4.78 is 3.57. The molecule has 0 atom stereocenters. The molecule has 0 radical (unpaired) electrons. The Bertz CT molecular complexity index is 1250. The second kappa shape index (κ2) is 8.90. The number of anilines is 1. The van der Waals surface area contributed by atoms with Crippen LogP contribution < -0.4 is 5.32 Å². The lowest BCUT2D eigenvalue weighted by molar-refractivity contribution is -0.113. The summed E-state index contributed by atoms with van der Waals surface area (Å²) in [6.45, 7) is 3.82. The molecule has 0 bridgehead atoms. The predicted molar refractivity (Wildman–Crippen MR) is 121 cm³/mol. The Morgan fingerprint density at radius 1 is 1.06 bits per heavy atom. The van der Waals surface area contributed by atoms with E-state index in [1.165, 1.54) is 11.8 Å². The minimum Gasteiger partial charge on any atom is -0.310 e. The minimum absolute atomic E-state index is 0.127. The van der Waals surface area contributed by atoms with E-state index >= 15 is 0 Å². The number of carbonyl (C=O) groups excluding carboxylic acids is 1. The van der Waals surface area contributed by atoms with Crippen molar-refractivity contribution in [3.05, 3.63) is 83.8 Å². The number of hydrogen-bond donors (Lipinski definition) is 1. The van der Waals surface area contributed by atoms with E-state index in [0.717, 1.165) is 22.6 Å². The molecule has 2 heterocycles. The van der Waals surface area contributed by atoms with Gasteiger partial charge in [0.25, 0.3) is 0 Å². The molecule has 0 saturated heterocycles. The van der Waals surface area contributed by atoms with Crippen molar-refractivity contribution < 1.29 is 4.79 Å². The van der Waals surface area contributed by atoms with Crippen LogP contribution in [0.4, 0.5) is 5.82 Å². The Balaban J connectivity index is 1.51. The monoisotopic (exact) mass is 428 g/mol. The third-order valence-electron chi connectivity index (χ3n) is 4.92. The molecule has 0 fully saturated rings. The normalized spacial score (nSPS) is 10.6. The molecule has 2 aromatic carbocycles. The molecule has 31 heavy (non-hydrogen) atoms. The molecule has 154 valence electrons. The van der Waals surface area contributed by atoms with Crippen LogP contribution in [0.1, 0.15) is 16.8 Å². The maximum absolute atomic E-state index is 12.7. The average Bonchev–Trinajstić information content (AvgIpc) is 3.36. The van der Waals surface area contributed by atoms with E-state index in [-0.39, 0.29) is 11.7 Å². The lowest BCUT2D eigenvalue weighted by atomic mass is 10.2. The summed E-state index contributed by atoms with van der Waals surface area (Å²) in [6, 6.07) is 21.5. The van der Waals surface area contributed by atoms with Gasteiger partial charge in [-0.3, -0.25) is 9.36 Å². The summed E-state index contributed by atoms with van der Waals surface area (Å²) >= 11 is 1.24. The number of nitriles is 1. The molecule has 0 aliphatic carbocycles. The van der Waals surface area contributed by atoms with Crippen molar-refractivity contribution in [2.75, 3.05) is 11.1 Å². The van der Waals surface area contributed by atoms with Crippen LogP contribution in [0, 0.1) is 25.2 Å². The molecule has 0 aliphatic heterocycles. The van der Waals surface area contributed by atoms with Crippen LogP contribution in [0.2, 0.25) is 0 Å². The van der Waals surface area contributed by atoms with Crippen molar-refractivity contribution in [1.29, 1.82) is 5.26 Å². The second-order valence-electron chi connectivity index (χ2n) is 6.86. The smallest absolute Gasteiger partial charge is 0.236 e. The van der Waals surface area contributed by atoms with Gasteiger partial charge in [-0.15, -0.1) is 5.10 Å². The van der Waals surface area contributed by atoms with Crippen molar-refractivity contribution in [1.82, 2.24) is 19.3 Å². The summed E-state index contributed by atoms with van der Waals surface area (Å²) in [7, 11) is 0. The van der Waals surface area contributed by atoms with E-state index in [1.807, 2.05) is 79.1 Å². The molecule has 0 aliphatic rings. The maximum atomic E-state index is 12.7. The van der Waals surface area contributed by atoms with Gasteiger partial charge in [-0.25, -0.2) is 9.67 Å². The fraction of sp³-hybridized carbons (Fsp3) is 0.130. The first-order valence-corrected chi connectivity index (χ1v) is 10.6. The number of rotatable bonds is 6. The lowest BCUT2D eigenvalue weighted by Gasteiger charge is -2.13. The zero-order valence-electron chi connectivity index (χ0n) is 17.1. The molecule has 1 N–H and O–H groups in total. The third-order valence-corrected chi connectivity index (χ3v) is 5.77. The molecule has 2 aromatic heterocycles. The number of benzene rings is 2. The van der Waals surface area contributed by atoms with Gasteiger partial charge < -0.3 is 5.32 Å². The number of nitrogens with one attached hydrogen (secondary N) is 1. The number of thioether (sulfide) groups is 1. The Morgan fingerprint density at radius 3 is 2.35 bits per heavy atom. The molecule has 0 spiro atoms. The quantitative estimate of drug-likeness (QED) is 0.463. The highest BCUT2D eigenvalue weighted by Gasteiger charge is 2.21. The van der Waals surface area contributed by atoms with Crippen molar-refractivity contribution in [3.8, 4) is 17.4 Å². The zero-order chi connectivity index (χ0) is 21.8. The molecule has 7 nitrogen and oxygen atoms in total. The Labute approximate surface area is 184 Å². The highest BCUT2D eigenvalue weighted by atomic mass is 32.2. The minimum atomic E-state index is -0.229. The summed E-state index contributed by atoms with van der Waals surface area (Å²) in [5.74, 6) is 0.381. The van der Waals surface area contributed by atoms with E-state index in [0.29, 0.717) is 16.5 Å². The SMILES string of the molecule is Cc1c(C#N)c(NC(=O)CSc2ncn(-c3ccccc3)n2)n(-c2ccccc2)c1C. The molecule has 4 aromatic rings. The largest absolute Gasteiger partial charge is 0.310 e. The Hall–Kier alpha value is -3.83. The first kappa shape index (κ1) is 20.4. The molecule has 0 saturated carbocycles. The Kier molecular flexibility index (Phi) is 5.87. The number of nitrogens with zero attached hydrogens (tertiary/aromatic N) is 5. The summed E-state index contributed by atoms with van der Waals surface area (Å²) in [5.41, 5.74) is 4.00. The van der Waals surface area contributed by atoms with Gasteiger partial charge in [0.2, 0.25) is 11.1 Å². The van der Waals surface area contributed by atoms with Gasteiger partial charge in [-0.1, -0.05) is 48.2 Å². The summed E-state index contributed by atoms with van der Waals surface area (Å²) in [5, 5.41) is 17.5. The van der Waals surface area contributed by atoms with Gasteiger partial charge in [0.05, 0.1) is 17.0 Å². The summed E-state index contributed by atoms with van der Waals surface area (Å²) in [6.07, 6.45) is 1.62. The van der Waals surface area contributed by atoms with Crippen LogP contribution in [0.15, 0.2) is 72.1 Å². The Morgan fingerprint density at radius 2 is 1.71 bits per heavy atom. The van der Waals surface area contributed by atoms with E-state index in [1.54, 1.807) is 11.0 Å². The molecule has 1 amide bonds. The van der Waals surface area contributed by atoms with Crippen LogP contribution in [-0.4, -0.2) is 31.0 Å². The van der Waals surface area contributed by atoms with Crippen molar-refractivity contribution in [2.24, 2.45) is 0 Å². The van der Waals surface area contributed by atoms with Crippen LogP contribution >= 0.6 is 11.8 Å². The number of carbonyl (C=O) groups is 1. The number of hydrogen-bond acceptors (Lipinski definition) is 5. The molecular formula is C23H20N6OS. The maximum Gasteiger partial charge on any atom is 0.236 e. The van der Waals surface area contributed by atoms with Crippen molar-refractivity contribution in [2.45, 2.75) is 19.0 Å². The van der Waals surface area contributed by atoms with Crippen LogP contribution in [0.25, 0.3) is 11.4 Å². The van der Waals surface area contributed by atoms with Crippen LogP contribution in [0.5, 0.6) is 0 Å². The average molecular weight is 429 g/mol. The molecule has 4 rings (SSSR count). The lowest BCUT2D eigenvalue weighted by Crippen LogP contribution is -2.17. The summed E-state index contributed by atoms with van der Waals surface area (Å²) in [4.78, 5) is 17.0. The number of para-hydroxylation sites is 2. The van der Waals surface area contributed by atoms with Gasteiger partial charge in [0, 0.05) is 11.4 Å². The first-order valence-electron chi connectivity index (χ1n) is 9.65. The van der Waals surface area contributed by atoms with E-state index in [4.69, 9.17) is 0 Å². The van der Waals surface area contributed by atoms with Crippen molar-refractivity contribution in [3.63, 3.8) is 0 Å². The molecular weight excluding hydrogens is 408 g/mol. The van der Waals surface area contributed by atoms with Crippen LogP contribution in [0.3, 0.4) is 0 Å². The van der Waals surface area contributed by atoms with Crippen molar-refractivity contribution >= 4 is 23.5 Å². The van der Waals surface area contributed by atoms with Crippen LogP contribution in [-0.2, 0) is 4.79 Å². The number of amides is 1. The predicted octanol–water partition coefficient (Wildman–Crippen LogP) is 4.28. The molecule has 8 heteroatoms. The third kappa shape index (κ3) is 4.22. The van der Waals surface area contributed by atoms with Gasteiger partial charge in [0.1, 0.15) is 18.2 Å². The van der Waals surface area contributed by atoms with E-state index in [2.05, 4.69) is 21.5 Å². The van der Waals surface area contributed by atoms with Gasteiger partial charge >= 0.3 is 0 Å². The fourth-order valence-electron chi connectivity index (χ4n) is 3.28. The second-order valence-corrected chi connectivity index (χ2v) is 7.80. The van der Waals surface area contributed by atoms with Gasteiger partial charge in [-0.2, -0.15) is 5.26 Å². The zero-order valence-corrected chi connectivity index (χ0v) is 17.9. The first-order chi connectivity index (χ1) is 15.1. The standard InChI is InChI=1S/C23H20N6OS/c1-16-17(2)29(19-11-7-4-8-12-19)22(20(16)13-24)26-21(30)14-31-23-25-15-28(27-23)18-9-5-3-6-10-18/h3-12,15H,14H2,1-2H3,(H,26,30). The van der Waals surface area contributed by atoms with Gasteiger partial charge in [-0.05, 0) is 43.7 Å². The fourth-order valence-corrected chi connectivity index (χ4v) is 3.88. The molecule has 0 unspecified atom stereocenters. The highest BCUT2D eigenvalue weighted by molar-refractivity contribution is 7.99. The van der Waals surface area contributed by atoms with E-state index in [9.17, 15) is 10.1 Å². The highest BCUT2D eigenvalue weighted by Crippen LogP contribution is 2.30. The van der Waals surface area contributed by atoms with E-state index < -0.39 is 0 Å².